The predicted octanol–water partition coefficient (Wildman–Crippen LogP) is 3.93. The summed E-state index contributed by atoms with van der Waals surface area (Å²) in [6.07, 6.45) is 1.05. The highest BCUT2D eigenvalue weighted by Gasteiger charge is 2.30. The number of carbonyl (C=O) groups excluding carboxylic acids is 2. The molecule has 3 aromatic rings. The van der Waals surface area contributed by atoms with Crippen LogP contribution in [-0.2, 0) is 26.2 Å². The predicted molar refractivity (Wildman–Crippen MR) is 140 cm³/mol. The molecule has 0 aliphatic carbocycles. The number of halogens is 1. The molecule has 2 amide bonds. The number of anilines is 1. The lowest BCUT2D eigenvalue weighted by molar-refractivity contribution is -0.139. The van der Waals surface area contributed by atoms with Crippen molar-refractivity contribution in [2.45, 2.75) is 33.4 Å². The molecule has 0 saturated carbocycles. The van der Waals surface area contributed by atoms with Gasteiger partial charge in [-0.1, -0.05) is 62.4 Å². The summed E-state index contributed by atoms with van der Waals surface area (Å²) in [6.45, 7) is 5.48. The number of nitrogens with one attached hydrogen (secondary N) is 1. The second-order valence-electron chi connectivity index (χ2n) is 9.23. The smallest absolute Gasteiger partial charge is 0.244 e. The molecule has 1 atom stereocenters. The van der Waals surface area contributed by atoms with Gasteiger partial charge in [0.25, 0.3) is 0 Å². The van der Waals surface area contributed by atoms with Crippen LogP contribution < -0.4 is 9.62 Å². The van der Waals surface area contributed by atoms with Crippen molar-refractivity contribution in [3.8, 4) is 0 Å². The topological polar surface area (TPSA) is 86.8 Å². The molecule has 0 radical (unpaired) electrons. The number of sulfonamides is 1. The van der Waals surface area contributed by atoms with E-state index in [0.29, 0.717) is 23.2 Å². The molecule has 7 nitrogen and oxygen atoms in total. The fourth-order valence-corrected chi connectivity index (χ4v) is 4.70. The van der Waals surface area contributed by atoms with Crippen LogP contribution in [0.1, 0.15) is 26.3 Å². The Labute approximate surface area is 212 Å². The van der Waals surface area contributed by atoms with Crippen LogP contribution in [0.15, 0.2) is 66.7 Å². The first kappa shape index (κ1) is 27.1. The van der Waals surface area contributed by atoms with Crippen LogP contribution in [0, 0.1) is 11.7 Å². The molecule has 1 N–H and O–H groups in total. The van der Waals surface area contributed by atoms with E-state index in [1.54, 1.807) is 31.2 Å². The summed E-state index contributed by atoms with van der Waals surface area (Å²) in [5, 5.41) is 4.35. The maximum Gasteiger partial charge on any atom is 0.244 e. The quantitative estimate of drug-likeness (QED) is 0.445. The van der Waals surface area contributed by atoms with Crippen LogP contribution in [-0.4, -0.2) is 50.5 Å². The third-order valence-electron chi connectivity index (χ3n) is 5.83. The Bertz CT molecular complexity index is 1320. The molecule has 0 aliphatic rings. The lowest BCUT2D eigenvalue weighted by Gasteiger charge is -2.32. The Morgan fingerprint density at radius 3 is 2.22 bits per heavy atom. The molecular formula is C27H32FN3O4S. The van der Waals surface area contributed by atoms with Gasteiger partial charge in [-0.2, -0.15) is 0 Å². The minimum atomic E-state index is -3.85. The molecule has 0 unspecified atom stereocenters. The summed E-state index contributed by atoms with van der Waals surface area (Å²) >= 11 is 0. The highest BCUT2D eigenvalue weighted by atomic mass is 32.2. The van der Waals surface area contributed by atoms with Crippen LogP contribution in [0.25, 0.3) is 10.8 Å². The Morgan fingerprint density at radius 2 is 1.58 bits per heavy atom. The number of amides is 2. The zero-order valence-electron chi connectivity index (χ0n) is 20.9. The molecule has 0 fully saturated rings. The molecule has 0 aromatic heterocycles. The van der Waals surface area contributed by atoms with Gasteiger partial charge >= 0.3 is 0 Å². The normalized spacial score (nSPS) is 12.4. The van der Waals surface area contributed by atoms with Crippen molar-refractivity contribution < 1.29 is 22.4 Å². The van der Waals surface area contributed by atoms with Gasteiger partial charge in [-0.15, -0.1) is 0 Å². The summed E-state index contributed by atoms with van der Waals surface area (Å²) in [7, 11) is -3.85. The molecule has 0 heterocycles. The largest absolute Gasteiger partial charge is 0.354 e. The van der Waals surface area contributed by atoms with Crippen LogP contribution >= 0.6 is 0 Å². The van der Waals surface area contributed by atoms with Gasteiger partial charge in [0.2, 0.25) is 21.8 Å². The number of benzene rings is 3. The fraction of sp³-hybridized carbons (Fsp3) is 0.333. The van der Waals surface area contributed by atoms with Gasteiger partial charge in [-0.25, -0.2) is 12.8 Å². The Kier molecular flexibility index (Phi) is 8.68. The van der Waals surface area contributed by atoms with Gasteiger partial charge in [0.15, 0.2) is 0 Å². The minimum absolute atomic E-state index is 0.0164. The van der Waals surface area contributed by atoms with E-state index in [-0.39, 0.29) is 18.4 Å². The first-order valence-corrected chi connectivity index (χ1v) is 13.6. The van der Waals surface area contributed by atoms with Crippen LogP contribution in [0.2, 0.25) is 0 Å². The second-order valence-corrected chi connectivity index (χ2v) is 11.1. The van der Waals surface area contributed by atoms with Crippen LogP contribution in [0.4, 0.5) is 10.1 Å². The summed E-state index contributed by atoms with van der Waals surface area (Å²) in [4.78, 5) is 27.8. The van der Waals surface area contributed by atoms with Crippen LogP contribution in [0.3, 0.4) is 0 Å². The maximum absolute atomic E-state index is 13.6. The molecule has 3 aromatic carbocycles. The summed E-state index contributed by atoms with van der Waals surface area (Å²) in [6, 6.07) is 17.3. The van der Waals surface area contributed by atoms with Crippen molar-refractivity contribution in [2.24, 2.45) is 5.92 Å². The second kappa shape index (κ2) is 11.5. The standard InChI is InChI=1S/C27H32FN3O4S/c1-19(2)16-29-27(33)20(3)30(17-21-12-14-23(28)15-13-21)26(32)18-31(36(4,34)35)25-11-7-9-22-8-5-6-10-24(22)25/h5-15,19-20H,16-18H2,1-4H3,(H,29,33)/t20-/m0/s1. The molecule has 9 heteroatoms. The van der Waals surface area contributed by atoms with E-state index < -0.39 is 34.3 Å². The van der Waals surface area contributed by atoms with Gasteiger partial charge in [0, 0.05) is 18.5 Å². The van der Waals surface area contributed by atoms with E-state index in [2.05, 4.69) is 5.32 Å². The maximum atomic E-state index is 13.6. The third-order valence-corrected chi connectivity index (χ3v) is 6.96. The number of carbonyl (C=O) groups is 2. The van der Waals surface area contributed by atoms with Crippen molar-refractivity contribution in [1.29, 1.82) is 0 Å². The first-order valence-electron chi connectivity index (χ1n) is 11.7. The van der Waals surface area contributed by atoms with Gasteiger partial charge in [-0.3, -0.25) is 13.9 Å². The third kappa shape index (κ3) is 6.81. The number of rotatable bonds is 10. The molecular weight excluding hydrogens is 481 g/mol. The van der Waals surface area contributed by atoms with Crippen LogP contribution in [0.5, 0.6) is 0 Å². The average molecular weight is 514 g/mol. The summed E-state index contributed by atoms with van der Waals surface area (Å²) < 4.78 is 40.2. The van der Waals surface area contributed by atoms with Crippen molar-refractivity contribution in [3.05, 3.63) is 78.1 Å². The number of hydrogen-bond donors (Lipinski definition) is 1. The zero-order valence-corrected chi connectivity index (χ0v) is 21.8. The minimum Gasteiger partial charge on any atom is -0.354 e. The van der Waals surface area contributed by atoms with Crippen molar-refractivity contribution in [2.75, 3.05) is 23.7 Å². The molecule has 0 bridgehead atoms. The van der Waals surface area contributed by atoms with Gasteiger partial charge in [-0.05, 0) is 42.0 Å². The van der Waals surface area contributed by atoms with E-state index >= 15 is 0 Å². The lowest BCUT2D eigenvalue weighted by atomic mass is 10.1. The fourth-order valence-electron chi connectivity index (χ4n) is 3.84. The van der Waals surface area contributed by atoms with Crippen molar-refractivity contribution in [3.63, 3.8) is 0 Å². The lowest BCUT2D eigenvalue weighted by Crippen LogP contribution is -2.51. The number of hydrogen-bond acceptors (Lipinski definition) is 4. The Balaban J connectivity index is 1.96. The zero-order chi connectivity index (χ0) is 26.5. The highest BCUT2D eigenvalue weighted by molar-refractivity contribution is 7.92. The van der Waals surface area contributed by atoms with Gasteiger partial charge < -0.3 is 10.2 Å². The van der Waals surface area contributed by atoms with E-state index in [9.17, 15) is 22.4 Å². The SMILES string of the molecule is CC(C)CNC(=O)[C@H](C)N(Cc1ccc(F)cc1)C(=O)CN(c1cccc2ccccc12)S(C)(=O)=O. The van der Waals surface area contributed by atoms with E-state index in [1.807, 2.05) is 32.0 Å². The first-order chi connectivity index (χ1) is 17.0. The number of nitrogens with zero attached hydrogens (tertiary/aromatic N) is 2. The molecule has 36 heavy (non-hydrogen) atoms. The highest BCUT2D eigenvalue weighted by Crippen LogP contribution is 2.28. The monoisotopic (exact) mass is 513 g/mol. The molecule has 0 spiro atoms. The molecule has 0 aliphatic heterocycles. The van der Waals surface area contributed by atoms with E-state index in [1.165, 1.54) is 29.2 Å². The van der Waals surface area contributed by atoms with Gasteiger partial charge in [0.05, 0.1) is 11.9 Å². The molecule has 3 rings (SSSR count). The average Bonchev–Trinajstić information content (AvgIpc) is 2.84. The van der Waals surface area contributed by atoms with Crippen molar-refractivity contribution in [1.82, 2.24) is 10.2 Å². The van der Waals surface area contributed by atoms with E-state index in [0.717, 1.165) is 15.9 Å². The number of fused-ring (bicyclic) bond motifs is 1. The molecule has 0 saturated heterocycles. The molecule has 192 valence electrons. The Morgan fingerprint density at radius 1 is 0.944 bits per heavy atom. The van der Waals surface area contributed by atoms with Crippen molar-refractivity contribution >= 4 is 38.3 Å². The van der Waals surface area contributed by atoms with E-state index in [4.69, 9.17) is 0 Å². The van der Waals surface area contributed by atoms with Gasteiger partial charge in [0.1, 0.15) is 18.4 Å². The summed E-state index contributed by atoms with van der Waals surface area (Å²) in [5.74, 6) is -1.10. The Hall–Kier alpha value is -3.46. The summed E-state index contributed by atoms with van der Waals surface area (Å²) in [5.41, 5.74) is 0.993.